The smallest absolute Gasteiger partial charge is 0.350 e. The first-order chi connectivity index (χ1) is 10.5. The van der Waals surface area contributed by atoms with Crippen molar-refractivity contribution in [3.63, 3.8) is 0 Å². The molecule has 22 heavy (non-hydrogen) atoms. The molecule has 0 aliphatic heterocycles. The van der Waals surface area contributed by atoms with E-state index in [0.717, 1.165) is 23.2 Å². The van der Waals surface area contributed by atoms with Crippen LogP contribution in [0.1, 0.15) is 60.0 Å². The molecule has 1 aliphatic rings. The fraction of sp³-hybridized carbons (Fsp3) is 0.667. The quantitative estimate of drug-likeness (QED) is 0.477. The van der Waals surface area contributed by atoms with Crippen LogP contribution >= 0.6 is 11.3 Å². The van der Waals surface area contributed by atoms with Crippen molar-refractivity contribution in [1.29, 1.82) is 0 Å². The van der Waals surface area contributed by atoms with Crippen molar-refractivity contribution in [3.05, 3.63) is 15.6 Å². The van der Waals surface area contributed by atoms with E-state index in [0.29, 0.717) is 17.5 Å². The Morgan fingerprint density at radius 3 is 2.82 bits per heavy atom. The molecule has 1 unspecified atom stereocenters. The molecular weight excluding hydrogens is 300 g/mol. The lowest BCUT2D eigenvalue weighted by molar-refractivity contribution is 0.0531. The summed E-state index contributed by atoms with van der Waals surface area (Å²) in [5.74, 6) is 0.512. The summed E-state index contributed by atoms with van der Waals surface area (Å²) in [7, 11) is 0. The molecule has 0 radical (unpaired) electrons. The molecule has 0 spiro atoms. The second kappa shape index (κ2) is 7.58. The number of esters is 1. The molecule has 0 amide bonds. The molecule has 0 bridgehead atoms. The number of rotatable bonds is 6. The van der Waals surface area contributed by atoms with Gasteiger partial charge >= 0.3 is 5.97 Å². The maximum Gasteiger partial charge on any atom is 0.350 e. The number of hydrogen-bond donors (Lipinski definition) is 2. The number of aryl methyl sites for hydroxylation is 1. The molecule has 1 fully saturated rings. The minimum absolute atomic E-state index is 0.0107. The van der Waals surface area contributed by atoms with Crippen LogP contribution in [0.2, 0.25) is 0 Å². The molecular formula is C15H24N4O2S. The van der Waals surface area contributed by atoms with Gasteiger partial charge in [-0.2, -0.15) is 0 Å². The van der Waals surface area contributed by atoms with Crippen molar-refractivity contribution < 1.29 is 9.53 Å². The first-order valence-corrected chi connectivity index (χ1v) is 8.58. The molecule has 1 heterocycles. The molecule has 1 aliphatic carbocycles. The SMILES string of the molecule is CCN=C(NC1CC1)NC(C)c1nc(C)c(C(=O)OCC)s1. The minimum Gasteiger partial charge on any atom is -0.462 e. The third-order valence-electron chi connectivity index (χ3n) is 3.23. The van der Waals surface area contributed by atoms with Gasteiger partial charge in [-0.25, -0.2) is 9.78 Å². The minimum atomic E-state index is -0.297. The van der Waals surface area contributed by atoms with Crippen molar-refractivity contribution in [2.75, 3.05) is 13.2 Å². The number of guanidine groups is 1. The lowest BCUT2D eigenvalue weighted by Crippen LogP contribution is -2.40. The summed E-state index contributed by atoms with van der Waals surface area (Å²) in [6, 6.07) is 0.529. The van der Waals surface area contributed by atoms with Crippen molar-refractivity contribution >= 4 is 23.3 Å². The number of nitrogens with zero attached hydrogens (tertiary/aromatic N) is 2. The van der Waals surface area contributed by atoms with E-state index < -0.39 is 0 Å². The molecule has 122 valence electrons. The third kappa shape index (κ3) is 4.43. The number of aliphatic imine (C=N–C) groups is 1. The van der Waals surface area contributed by atoms with Gasteiger partial charge in [-0.3, -0.25) is 4.99 Å². The fourth-order valence-corrected chi connectivity index (χ4v) is 2.93. The summed E-state index contributed by atoms with van der Waals surface area (Å²) in [5.41, 5.74) is 0.719. The van der Waals surface area contributed by atoms with Gasteiger partial charge in [0.05, 0.1) is 18.3 Å². The Balaban J connectivity index is 2.04. The van der Waals surface area contributed by atoms with E-state index >= 15 is 0 Å². The molecule has 1 saturated carbocycles. The summed E-state index contributed by atoms with van der Waals surface area (Å²) >= 11 is 1.38. The summed E-state index contributed by atoms with van der Waals surface area (Å²) < 4.78 is 5.06. The topological polar surface area (TPSA) is 75.6 Å². The van der Waals surface area contributed by atoms with E-state index in [1.54, 1.807) is 6.92 Å². The monoisotopic (exact) mass is 324 g/mol. The van der Waals surface area contributed by atoms with Gasteiger partial charge < -0.3 is 15.4 Å². The van der Waals surface area contributed by atoms with Gasteiger partial charge in [-0.05, 0) is 40.5 Å². The summed E-state index contributed by atoms with van der Waals surface area (Å²) in [6.45, 7) is 8.76. The van der Waals surface area contributed by atoms with Crippen LogP contribution < -0.4 is 10.6 Å². The van der Waals surface area contributed by atoms with Gasteiger partial charge in [0.15, 0.2) is 5.96 Å². The number of nitrogens with one attached hydrogen (secondary N) is 2. The molecule has 1 aromatic heterocycles. The Bertz CT molecular complexity index is 552. The van der Waals surface area contributed by atoms with Crippen molar-refractivity contribution in [1.82, 2.24) is 15.6 Å². The van der Waals surface area contributed by atoms with Crippen LogP contribution in [-0.4, -0.2) is 36.1 Å². The molecule has 2 N–H and O–H groups in total. The zero-order valence-electron chi connectivity index (χ0n) is 13.6. The number of hydrogen-bond acceptors (Lipinski definition) is 5. The normalized spacial score (nSPS) is 16.3. The average Bonchev–Trinajstić information content (AvgIpc) is 3.18. The van der Waals surface area contributed by atoms with Crippen LogP contribution in [0.3, 0.4) is 0 Å². The zero-order chi connectivity index (χ0) is 16.1. The molecule has 1 atom stereocenters. The molecule has 1 aromatic rings. The molecule has 0 aromatic carbocycles. The van der Waals surface area contributed by atoms with Crippen molar-refractivity contribution in [2.24, 2.45) is 4.99 Å². The van der Waals surface area contributed by atoms with Gasteiger partial charge in [-0.1, -0.05) is 0 Å². The van der Waals surface area contributed by atoms with E-state index in [1.807, 2.05) is 20.8 Å². The number of ether oxygens (including phenoxy) is 1. The third-order valence-corrected chi connectivity index (χ3v) is 4.55. The molecule has 7 heteroatoms. The summed E-state index contributed by atoms with van der Waals surface area (Å²) in [6.07, 6.45) is 2.39. The van der Waals surface area contributed by atoms with Gasteiger partial charge in [-0.15, -0.1) is 11.3 Å². The number of aromatic nitrogens is 1. The average molecular weight is 324 g/mol. The van der Waals surface area contributed by atoms with Crippen LogP contribution in [0.15, 0.2) is 4.99 Å². The highest BCUT2D eigenvalue weighted by Gasteiger charge is 2.24. The van der Waals surface area contributed by atoms with Crippen LogP contribution in [0.4, 0.5) is 0 Å². The number of carbonyl (C=O) groups excluding carboxylic acids is 1. The fourth-order valence-electron chi connectivity index (χ4n) is 1.97. The largest absolute Gasteiger partial charge is 0.462 e. The van der Waals surface area contributed by atoms with E-state index in [9.17, 15) is 4.79 Å². The predicted octanol–water partition coefficient (Wildman–Crippen LogP) is 2.41. The highest BCUT2D eigenvalue weighted by atomic mass is 32.1. The second-order valence-corrected chi connectivity index (χ2v) is 6.33. The Morgan fingerprint density at radius 2 is 2.23 bits per heavy atom. The van der Waals surface area contributed by atoms with Gasteiger partial charge in [0.25, 0.3) is 0 Å². The zero-order valence-corrected chi connectivity index (χ0v) is 14.4. The van der Waals surface area contributed by atoms with E-state index in [1.165, 1.54) is 24.2 Å². The van der Waals surface area contributed by atoms with Crippen LogP contribution in [0, 0.1) is 6.92 Å². The van der Waals surface area contributed by atoms with Crippen LogP contribution in [0.25, 0.3) is 0 Å². The molecule has 6 nitrogen and oxygen atoms in total. The van der Waals surface area contributed by atoms with Crippen LogP contribution in [0.5, 0.6) is 0 Å². The van der Waals surface area contributed by atoms with Crippen molar-refractivity contribution in [3.8, 4) is 0 Å². The number of carbonyl (C=O) groups is 1. The standard InChI is InChI=1S/C15H24N4O2S/c1-5-16-15(19-11-7-8-11)18-10(4)13-17-9(3)12(22-13)14(20)21-6-2/h10-11H,5-8H2,1-4H3,(H2,16,18,19). The van der Waals surface area contributed by atoms with Crippen LogP contribution in [-0.2, 0) is 4.74 Å². The maximum absolute atomic E-state index is 11.9. The Labute approximate surface area is 135 Å². The highest BCUT2D eigenvalue weighted by Crippen LogP contribution is 2.24. The number of thiazole rings is 1. The first-order valence-electron chi connectivity index (χ1n) is 7.77. The highest BCUT2D eigenvalue weighted by molar-refractivity contribution is 7.13. The van der Waals surface area contributed by atoms with E-state index in [2.05, 4.69) is 20.6 Å². The van der Waals surface area contributed by atoms with Gasteiger partial charge in [0.1, 0.15) is 9.88 Å². The summed E-state index contributed by atoms with van der Waals surface area (Å²) in [5, 5.41) is 7.60. The van der Waals surface area contributed by atoms with Gasteiger partial charge in [0, 0.05) is 12.6 Å². The molecule has 0 saturated heterocycles. The van der Waals surface area contributed by atoms with Crippen molar-refractivity contribution in [2.45, 2.75) is 52.6 Å². The van der Waals surface area contributed by atoms with E-state index in [-0.39, 0.29) is 12.0 Å². The Hall–Kier alpha value is -1.63. The summed E-state index contributed by atoms with van der Waals surface area (Å²) in [4.78, 5) is 21.4. The maximum atomic E-state index is 11.9. The lowest BCUT2D eigenvalue weighted by Gasteiger charge is -2.16. The molecule has 2 rings (SSSR count). The predicted molar refractivity (Wildman–Crippen MR) is 88.5 cm³/mol. The first kappa shape index (κ1) is 16.7. The Kier molecular flexibility index (Phi) is 5.76. The Morgan fingerprint density at radius 1 is 1.50 bits per heavy atom. The second-order valence-electron chi connectivity index (χ2n) is 5.29. The lowest BCUT2D eigenvalue weighted by atomic mass is 10.3. The van der Waals surface area contributed by atoms with Gasteiger partial charge in [0.2, 0.25) is 0 Å². The van der Waals surface area contributed by atoms with E-state index in [4.69, 9.17) is 4.74 Å².